The highest BCUT2D eigenvalue weighted by Crippen LogP contribution is 2.13. The third kappa shape index (κ3) is 8.50. The summed E-state index contributed by atoms with van der Waals surface area (Å²) in [6.07, 6.45) is 5.37. The molecule has 0 aliphatic rings. The molecular formula is C13H26O3S. The molecule has 0 amide bonds. The van der Waals surface area contributed by atoms with Crippen molar-refractivity contribution in [2.45, 2.75) is 70.8 Å². The fraction of sp³-hybridized carbons (Fsp3) is 0.923. The van der Waals surface area contributed by atoms with Crippen LogP contribution in [0.1, 0.15) is 59.3 Å². The zero-order valence-corrected chi connectivity index (χ0v) is 12.2. The average Bonchev–Trinajstić information content (AvgIpc) is 2.29. The molecule has 17 heavy (non-hydrogen) atoms. The van der Waals surface area contributed by atoms with Gasteiger partial charge in [-0.1, -0.05) is 33.1 Å². The first-order valence-corrected chi connectivity index (χ1v) is 7.17. The summed E-state index contributed by atoms with van der Waals surface area (Å²) in [5, 5.41) is -0.325. The summed E-state index contributed by atoms with van der Waals surface area (Å²) in [5.74, 6) is -0.259. The highest BCUT2D eigenvalue weighted by Gasteiger charge is 2.19. The van der Waals surface area contributed by atoms with Crippen LogP contribution in [0.4, 0.5) is 0 Å². The molecule has 0 fully saturated rings. The number of carbonyl (C=O) groups is 1. The summed E-state index contributed by atoms with van der Waals surface area (Å²) in [6.45, 7) is 6.64. The van der Waals surface area contributed by atoms with Crippen molar-refractivity contribution in [2.24, 2.45) is 0 Å². The Bertz CT molecular complexity index is 197. The van der Waals surface area contributed by atoms with Crippen LogP contribution < -0.4 is 0 Å². The molecule has 4 heteroatoms. The van der Waals surface area contributed by atoms with Crippen LogP contribution in [0.5, 0.6) is 0 Å². The first kappa shape index (κ1) is 16.8. The van der Waals surface area contributed by atoms with Gasteiger partial charge in [0.2, 0.25) is 6.29 Å². The SMILES string of the molecule is CCCCCC(OCC)OC(=O)C(S)CCC. The van der Waals surface area contributed by atoms with Gasteiger partial charge in [0.05, 0.1) is 5.25 Å². The highest BCUT2D eigenvalue weighted by molar-refractivity contribution is 7.81. The Morgan fingerprint density at radius 3 is 2.35 bits per heavy atom. The van der Waals surface area contributed by atoms with E-state index in [2.05, 4.69) is 19.6 Å². The van der Waals surface area contributed by atoms with Crippen molar-refractivity contribution in [3.63, 3.8) is 0 Å². The predicted octanol–water partition coefficient (Wildman–Crippen LogP) is 3.57. The number of thiol groups is 1. The van der Waals surface area contributed by atoms with Crippen LogP contribution in [0, 0.1) is 0 Å². The van der Waals surface area contributed by atoms with E-state index in [1.807, 2.05) is 13.8 Å². The molecule has 2 atom stereocenters. The maximum absolute atomic E-state index is 11.7. The van der Waals surface area contributed by atoms with Crippen LogP contribution in [0.25, 0.3) is 0 Å². The van der Waals surface area contributed by atoms with E-state index < -0.39 is 6.29 Å². The van der Waals surface area contributed by atoms with E-state index in [0.717, 1.165) is 38.5 Å². The van der Waals surface area contributed by atoms with Gasteiger partial charge < -0.3 is 9.47 Å². The van der Waals surface area contributed by atoms with Gasteiger partial charge in [-0.25, -0.2) is 0 Å². The molecule has 0 bridgehead atoms. The third-order valence-corrected chi connectivity index (χ3v) is 2.95. The van der Waals surface area contributed by atoms with E-state index >= 15 is 0 Å². The highest BCUT2D eigenvalue weighted by atomic mass is 32.1. The predicted molar refractivity (Wildman–Crippen MR) is 73.3 cm³/mol. The summed E-state index contributed by atoms with van der Waals surface area (Å²) in [5.41, 5.74) is 0. The minimum absolute atomic E-state index is 0.259. The normalized spacial score (nSPS) is 14.4. The Labute approximate surface area is 111 Å². The monoisotopic (exact) mass is 262 g/mol. The molecule has 0 aromatic rings. The van der Waals surface area contributed by atoms with Crippen LogP contribution >= 0.6 is 12.6 Å². The number of unbranched alkanes of at least 4 members (excludes halogenated alkanes) is 2. The van der Waals surface area contributed by atoms with Gasteiger partial charge in [0, 0.05) is 13.0 Å². The first-order valence-electron chi connectivity index (χ1n) is 6.65. The Morgan fingerprint density at radius 2 is 1.82 bits per heavy atom. The van der Waals surface area contributed by atoms with Crippen molar-refractivity contribution in [2.75, 3.05) is 6.61 Å². The Hall–Kier alpha value is -0.220. The van der Waals surface area contributed by atoms with Crippen LogP contribution in [-0.2, 0) is 14.3 Å². The van der Waals surface area contributed by atoms with Gasteiger partial charge in [-0.05, 0) is 19.8 Å². The van der Waals surface area contributed by atoms with Crippen LogP contribution in [0.3, 0.4) is 0 Å². The maximum atomic E-state index is 11.7. The van der Waals surface area contributed by atoms with Gasteiger partial charge in [-0.3, -0.25) is 4.79 Å². The van der Waals surface area contributed by atoms with Crippen LogP contribution in [0.2, 0.25) is 0 Å². The van der Waals surface area contributed by atoms with Crippen molar-refractivity contribution in [3.8, 4) is 0 Å². The fourth-order valence-electron chi connectivity index (χ4n) is 1.52. The van der Waals surface area contributed by atoms with Crippen molar-refractivity contribution < 1.29 is 14.3 Å². The maximum Gasteiger partial charge on any atom is 0.321 e. The van der Waals surface area contributed by atoms with E-state index in [1.54, 1.807) is 0 Å². The molecule has 0 heterocycles. The number of hydrogen-bond acceptors (Lipinski definition) is 4. The van der Waals surface area contributed by atoms with Gasteiger partial charge in [-0.15, -0.1) is 0 Å². The number of esters is 1. The molecule has 0 aliphatic heterocycles. The Morgan fingerprint density at radius 1 is 1.12 bits per heavy atom. The van der Waals surface area contributed by atoms with E-state index in [1.165, 1.54) is 0 Å². The van der Waals surface area contributed by atoms with E-state index in [0.29, 0.717) is 6.61 Å². The summed E-state index contributed by atoms with van der Waals surface area (Å²) in [7, 11) is 0. The average molecular weight is 262 g/mol. The molecule has 0 aliphatic carbocycles. The van der Waals surface area contributed by atoms with Gasteiger partial charge in [-0.2, -0.15) is 12.6 Å². The van der Waals surface area contributed by atoms with Crippen molar-refractivity contribution in [3.05, 3.63) is 0 Å². The summed E-state index contributed by atoms with van der Waals surface area (Å²) < 4.78 is 10.7. The van der Waals surface area contributed by atoms with Crippen LogP contribution in [-0.4, -0.2) is 24.1 Å². The standard InChI is InChI=1S/C13H26O3S/c1-4-7-8-10-12(15-6-3)16-13(14)11(17)9-5-2/h11-12,17H,4-10H2,1-3H3. The summed E-state index contributed by atoms with van der Waals surface area (Å²) >= 11 is 4.23. The zero-order valence-electron chi connectivity index (χ0n) is 11.3. The molecule has 0 saturated carbocycles. The lowest BCUT2D eigenvalue weighted by Crippen LogP contribution is -2.27. The second-order valence-corrected chi connectivity index (χ2v) is 4.75. The molecule has 0 saturated heterocycles. The molecule has 0 rings (SSSR count). The van der Waals surface area contributed by atoms with Crippen LogP contribution in [0.15, 0.2) is 0 Å². The lowest BCUT2D eigenvalue weighted by molar-refractivity contribution is -0.178. The summed E-state index contributed by atoms with van der Waals surface area (Å²) in [6, 6.07) is 0. The van der Waals surface area contributed by atoms with E-state index in [-0.39, 0.29) is 11.2 Å². The molecule has 0 radical (unpaired) electrons. The minimum atomic E-state index is -0.398. The van der Waals surface area contributed by atoms with Crippen molar-refractivity contribution in [1.29, 1.82) is 0 Å². The molecule has 3 nitrogen and oxygen atoms in total. The lowest BCUT2D eigenvalue weighted by atomic mass is 10.2. The lowest BCUT2D eigenvalue weighted by Gasteiger charge is -2.19. The van der Waals surface area contributed by atoms with Gasteiger partial charge in [0.15, 0.2) is 0 Å². The number of ether oxygens (including phenoxy) is 2. The van der Waals surface area contributed by atoms with Crippen molar-refractivity contribution in [1.82, 2.24) is 0 Å². The number of rotatable bonds is 10. The molecule has 0 spiro atoms. The second kappa shape index (κ2) is 10.9. The van der Waals surface area contributed by atoms with E-state index in [4.69, 9.17) is 9.47 Å². The molecule has 2 unspecified atom stereocenters. The van der Waals surface area contributed by atoms with Gasteiger partial charge >= 0.3 is 5.97 Å². The molecule has 0 aromatic carbocycles. The quantitative estimate of drug-likeness (QED) is 0.283. The fourth-order valence-corrected chi connectivity index (χ4v) is 1.84. The molecule has 102 valence electrons. The first-order chi connectivity index (χ1) is 8.15. The molecule has 0 N–H and O–H groups in total. The van der Waals surface area contributed by atoms with Gasteiger partial charge in [0.25, 0.3) is 0 Å². The topological polar surface area (TPSA) is 35.5 Å². The number of carbonyl (C=O) groups excluding carboxylic acids is 1. The minimum Gasteiger partial charge on any atom is -0.435 e. The van der Waals surface area contributed by atoms with E-state index in [9.17, 15) is 4.79 Å². The number of hydrogen-bond donors (Lipinski definition) is 1. The third-order valence-electron chi connectivity index (χ3n) is 2.48. The smallest absolute Gasteiger partial charge is 0.321 e. The zero-order chi connectivity index (χ0) is 13.1. The van der Waals surface area contributed by atoms with Crippen molar-refractivity contribution >= 4 is 18.6 Å². The van der Waals surface area contributed by atoms with Gasteiger partial charge in [0.1, 0.15) is 0 Å². The molecule has 0 aromatic heterocycles. The second-order valence-electron chi connectivity index (χ2n) is 4.12. The summed E-state index contributed by atoms with van der Waals surface area (Å²) in [4.78, 5) is 11.7. The largest absolute Gasteiger partial charge is 0.435 e. The molecular weight excluding hydrogens is 236 g/mol. The Kier molecular flexibility index (Phi) is 10.8. The Balaban J connectivity index is 3.99.